The summed E-state index contributed by atoms with van der Waals surface area (Å²) in [5.41, 5.74) is 3.76. The van der Waals surface area contributed by atoms with Gasteiger partial charge in [0.15, 0.2) is 0 Å². The van der Waals surface area contributed by atoms with Gasteiger partial charge in [-0.15, -0.1) is 10.2 Å². The van der Waals surface area contributed by atoms with Gasteiger partial charge in [-0.3, -0.25) is 9.80 Å². The minimum Gasteiger partial charge on any atom is -0.419 e. The predicted octanol–water partition coefficient (Wildman–Crippen LogP) is 4.74. The zero-order chi connectivity index (χ0) is 20.2. The van der Waals surface area contributed by atoms with Crippen molar-refractivity contribution in [3.8, 4) is 11.5 Å². The van der Waals surface area contributed by atoms with Gasteiger partial charge in [0.25, 0.3) is 0 Å². The predicted molar refractivity (Wildman–Crippen MR) is 116 cm³/mol. The van der Waals surface area contributed by atoms with E-state index in [2.05, 4.69) is 65.0 Å². The first kappa shape index (κ1) is 19.8. The summed E-state index contributed by atoms with van der Waals surface area (Å²) in [6.45, 7) is 11.8. The molecule has 2 aromatic carbocycles. The third-order valence-corrected chi connectivity index (χ3v) is 5.83. The molecule has 4 rings (SSSR count). The van der Waals surface area contributed by atoms with Crippen LogP contribution in [0.4, 0.5) is 0 Å². The van der Waals surface area contributed by atoms with Gasteiger partial charge in [-0.25, -0.2) is 0 Å². The Morgan fingerprint density at radius 2 is 1.55 bits per heavy atom. The van der Waals surface area contributed by atoms with Crippen LogP contribution < -0.4 is 0 Å². The molecule has 0 amide bonds. The average molecular weight is 391 g/mol. The van der Waals surface area contributed by atoms with Crippen LogP contribution in [0.1, 0.15) is 49.7 Å². The summed E-state index contributed by atoms with van der Waals surface area (Å²) in [6.07, 6.45) is 0. The van der Waals surface area contributed by atoms with Crippen LogP contribution in [0.5, 0.6) is 0 Å². The summed E-state index contributed by atoms with van der Waals surface area (Å²) < 4.78 is 5.96. The second-order valence-corrected chi connectivity index (χ2v) is 8.20. The van der Waals surface area contributed by atoms with Gasteiger partial charge in [0.05, 0.1) is 6.04 Å². The Bertz CT molecular complexity index is 896. The Kier molecular flexibility index (Phi) is 6.07. The van der Waals surface area contributed by atoms with Crippen molar-refractivity contribution in [2.24, 2.45) is 0 Å². The highest BCUT2D eigenvalue weighted by Crippen LogP contribution is 2.25. The topological polar surface area (TPSA) is 45.4 Å². The molecule has 1 unspecified atom stereocenters. The fraction of sp³-hybridized carbons (Fsp3) is 0.417. The molecule has 0 spiro atoms. The normalized spacial score (nSPS) is 17.0. The van der Waals surface area contributed by atoms with Gasteiger partial charge in [0.1, 0.15) is 0 Å². The smallest absolute Gasteiger partial charge is 0.247 e. The Balaban J connectivity index is 1.32. The summed E-state index contributed by atoms with van der Waals surface area (Å²) in [4.78, 5) is 4.96. The molecule has 29 heavy (non-hydrogen) atoms. The van der Waals surface area contributed by atoms with Crippen molar-refractivity contribution in [1.29, 1.82) is 0 Å². The number of rotatable bonds is 6. The van der Waals surface area contributed by atoms with Crippen molar-refractivity contribution in [3.63, 3.8) is 0 Å². The molecular formula is C24H30N4O. The van der Waals surface area contributed by atoms with E-state index in [0.29, 0.717) is 17.7 Å². The molecule has 5 heteroatoms. The second-order valence-electron chi connectivity index (χ2n) is 8.20. The Labute approximate surface area is 173 Å². The van der Waals surface area contributed by atoms with Crippen molar-refractivity contribution in [2.45, 2.75) is 39.3 Å². The lowest BCUT2D eigenvalue weighted by Crippen LogP contribution is -2.46. The molecule has 1 atom stereocenters. The second kappa shape index (κ2) is 8.89. The van der Waals surface area contributed by atoms with E-state index in [-0.39, 0.29) is 6.04 Å². The molecule has 152 valence electrons. The van der Waals surface area contributed by atoms with Crippen LogP contribution in [0.15, 0.2) is 59.0 Å². The Hall–Kier alpha value is -2.50. The molecule has 2 heterocycles. The highest BCUT2D eigenvalue weighted by atomic mass is 16.4. The molecule has 1 fully saturated rings. The van der Waals surface area contributed by atoms with Gasteiger partial charge in [-0.1, -0.05) is 56.3 Å². The Morgan fingerprint density at radius 1 is 0.862 bits per heavy atom. The maximum absolute atomic E-state index is 5.96. The van der Waals surface area contributed by atoms with Crippen molar-refractivity contribution in [2.75, 3.05) is 26.2 Å². The van der Waals surface area contributed by atoms with E-state index in [0.717, 1.165) is 38.3 Å². The van der Waals surface area contributed by atoms with E-state index >= 15 is 0 Å². The molecule has 0 saturated carbocycles. The summed E-state index contributed by atoms with van der Waals surface area (Å²) in [5.74, 6) is 1.87. The minimum atomic E-state index is 0.132. The van der Waals surface area contributed by atoms with Crippen molar-refractivity contribution in [3.05, 3.63) is 71.6 Å². The lowest BCUT2D eigenvalue weighted by atomic mass is 10.0. The van der Waals surface area contributed by atoms with Crippen LogP contribution >= 0.6 is 0 Å². The zero-order valence-corrected chi connectivity index (χ0v) is 17.6. The van der Waals surface area contributed by atoms with E-state index in [4.69, 9.17) is 4.42 Å². The first-order valence-electron chi connectivity index (χ1n) is 10.5. The lowest BCUT2D eigenvalue weighted by molar-refractivity contribution is 0.0876. The zero-order valence-electron chi connectivity index (χ0n) is 17.6. The van der Waals surface area contributed by atoms with Crippen LogP contribution in [-0.2, 0) is 6.54 Å². The van der Waals surface area contributed by atoms with Gasteiger partial charge in [-0.2, -0.15) is 0 Å². The monoisotopic (exact) mass is 390 g/mol. The molecule has 5 nitrogen and oxygen atoms in total. The molecule has 0 radical (unpaired) electrons. The van der Waals surface area contributed by atoms with Crippen LogP contribution in [0.25, 0.3) is 11.5 Å². The van der Waals surface area contributed by atoms with Gasteiger partial charge in [0, 0.05) is 38.3 Å². The lowest BCUT2D eigenvalue weighted by Gasteiger charge is -2.36. The van der Waals surface area contributed by atoms with Crippen LogP contribution in [0.3, 0.4) is 0 Å². The largest absolute Gasteiger partial charge is 0.419 e. The molecule has 0 bridgehead atoms. The summed E-state index contributed by atoms with van der Waals surface area (Å²) >= 11 is 0. The number of hydrogen-bond acceptors (Lipinski definition) is 5. The fourth-order valence-electron chi connectivity index (χ4n) is 3.83. The summed E-state index contributed by atoms with van der Waals surface area (Å²) in [7, 11) is 0. The molecule has 0 aliphatic carbocycles. The number of aromatic nitrogens is 2. The van der Waals surface area contributed by atoms with Crippen molar-refractivity contribution >= 4 is 0 Å². The van der Waals surface area contributed by atoms with Crippen molar-refractivity contribution in [1.82, 2.24) is 20.0 Å². The molecule has 0 N–H and O–H groups in total. The van der Waals surface area contributed by atoms with E-state index in [1.807, 2.05) is 30.3 Å². The SMILES string of the molecule is CC(C)c1ccc(CN2CCN(C(C)c3nnc(-c4ccccc4)o3)CC2)cc1. The van der Waals surface area contributed by atoms with Gasteiger partial charge >= 0.3 is 0 Å². The average Bonchev–Trinajstić information content (AvgIpc) is 3.25. The van der Waals surface area contributed by atoms with Gasteiger partial charge in [0.2, 0.25) is 11.8 Å². The first-order chi connectivity index (χ1) is 14.1. The Morgan fingerprint density at radius 3 is 2.21 bits per heavy atom. The minimum absolute atomic E-state index is 0.132. The van der Waals surface area contributed by atoms with Crippen LogP contribution in [0, 0.1) is 0 Å². The molecular weight excluding hydrogens is 360 g/mol. The molecule has 1 aliphatic rings. The number of hydrogen-bond donors (Lipinski definition) is 0. The maximum atomic E-state index is 5.96. The third-order valence-electron chi connectivity index (χ3n) is 5.83. The molecule has 3 aromatic rings. The third kappa shape index (κ3) is 4.74. The molecule has 1 aliphatic heterocycles. The van der Waals surface area contributed by atoms with Crippen LogP contribution in [-0.4, -0.2) is 46.2 Å². The van der Waals surface area contributed by atoms with E-state index in [1.165, 1.54) is 11.1 Å². The van der Waals surface area contributed by atoms with Crippen molar-refractivity contribution < 1.29 is 4.42 Å². The van der Waals surface area contributed by atoms with Crippen LogP contribution in [0.2, 0.25) is 0 Å². The number of piperazine rings is 1. The first-order valence-corrected chi connectivity index (χ1v) is 10.5. The maximum Gasteiger partial charge on any atom is 0.247 e. The summed E-state index contributed by atoms with van der Waals surface area (Å²) in [6, 6.07) is 19.1. The van der Waals surface area contributed by atoms with E-state index < -0.39 is 0 Å². The molecule has 1 aromatic heterocycles. The quantitative estimate of drug-likeness (QED) is 0.608. The summed E-state index contributed by atoms with van der Waals surface area (Å²) in [5, 5.41) is 8.54. The number of nitrogens with zero attached hydrogens (tertiary/aromatic N) is 4. The standard InChI is InChI=1S/C24H30N4O/c1-18(2)21-11-9-20(10-12-21)17-27-13-15-28(16-14-27)19(3)23-25-26-24(29-23)22-7-5-4-6-8-22/h4-12,18-19H,13-17H2,1-3H3. The van der Waals surface area contributed by atoms with E-state index in [1.54, 1.807) is 0 Å². The highest BCUT2D eigenvalue weighted by Gasteiger charge is 2.25. The molecule has 1 saturated heterocycles. The van der Waals surface area contributed by atoms with Gasteiger partial charge < -0.3 is 4.42 Å². The highest BCUT2D eigenvalue weighted by molar-refractivity contribution is 5.51. The van der Waals surface area contributed by atoms with E-state index in [9.17, 15) is 0 Å². The van der Waals surface area contributed by atoms with Gasteiger partial charge in [-0.05, 0) is 36.1 Å². The number of benzene rings is 2. The fourth-order valence-corrected chi connectivity index (χ4v) is 3.83.